The first kappa shape index (κ1) is 15.6. The summed E-state index contributed by atoms with van der Waals surface area (Å²) in [6.45, 7) is 4.00. The number of nitrogens with zero attached hydrogens (tertiary/aromatic N) is 3. The lowest BCUT2D eigenvalue weighted by Crippen LogP contribution is -2.07. The van der Waals surface area contributed by atoms with Gasteiger partial charge in [-0.15, -0.1) is 0 Å². The van der Waals surface area contributed by atoms with Crippen molar-refractivity contribution >= 4 is 32.8 Å². The lowest BCUT2D eigenvalue weighted by Gasteiger charge is -2.10. The lowest BCUT2D eigenvalue weighted by atomic mass is 10.0. The van der Waals surface area contributed by atoms with Crippen LogP contribution in [0.2, 0.25) is 0 Å². The van der Waals surface area contributed by atoms with Crippen molar-refractivity contribution in [1.82, 2.24) is 14.8 Å². The van der Waals surface area contributed by atoms with E-state index in [9.17, 15) is 4.79 Å². The summed E-state index contributed by atoms with van der Waals surface area (Å²) in [5.41, 5.74) is 2.45. The van der Waals surface area contributed by atoms with E-state index in [0.29, 0.717) is 23.1 Å². The second-order valence-electron chi connectivity index (χ2n) is 6.19. The van der Waals surface area contributed by atoms with Crippen molar-refractivity contribution in [3.05, 3.63) is 40.0 Å². The Labute approximate surface area is 144 Å². The number of para-hydroxylation sites is 1. The van der Waals surface area contributed by atoms with Crippen molar-refractivity contribution in [3.63, 3.8) is 0 Å². The van der Waals surface area contributed by atoms with E-state index in [0.717, 1.165) is 39.6 Å². The van der Waals surface area contributed by atoms with Gasteiger partial charge in [-0.05, 0) is 19.4 Å². The highest BCUT2D eigenvalue weighted by Crippen LogP contribution is 2.35. The summed E-state index contributed by atoms with van der Waals surface area (Å²) >= 11 is 0. The minimum Gasteiger partial charge on any atom is -0.493 e. The molecule has 128 valence electrons. The molecule has 4 aromatic rings. The predicted octanol–water partition coefficient (Wildman–Crippen LogP) is 3.50. The first-order valence-electron chi connectivity index (χ1n) is 8.32. The molecule has 0 aliphatic heterocycles. The first-order valence-corrected chi connectivity index (χ1v) is 8.32. The van der Waals surface area contributed by atoms with Crippen LogP contribution in [0.3, 0.4) is 0 Å². The maximum atomic E-state index is 12.8. The third kappa shape index (κ3) is 2.13. The molecular weight excluding hydrogens is 318 g/mol. The summed E-state index contributed by atoms with van der Waals surface area (Å²) in [7, 11) is 3.44. The van der Waals surface area contributed by atoms with Crippen LogP contribution in [0.15, 0.2) is 27.4 Å². The largest absolute Gasteiger partial charge is 0.493 e. The van der Waals surface area contributed by atoms with Gasteiger partial charge in [-0.1, -0.05) is 25.5 Å². The summed E-state index contributed by atoms with van der Waals surface area (Å²) in [4.78, 5) is 17.6. The zero-order valence-corrected chi connectivity index (χ0v) is 14.7. The fraction of sp³-hybridized carbons (Fsp3) is 0.316. The van der Waals surface area contributed by atoms with Crippen molar-refractivity contribution in [2.24, 2.45) is 7.05 Å². The summed E-state index contributed by atoms with van der Waals surface area (Å²) in [5.74, 6) is 0.542. The van der Waals surface area contributed by atoms with E-state index in [4.69, 9.17) is 14.1 Å². The van der Waals surface area contributed by atoms with Gasteiger partial charge in [-0.2, -0.15) is 5.10 Å². The average Bonchev–Trinajstić information content (AvgIpc) is 2.88. The monoisotopic (exact) mass is 337 g/mol. The number of fused-ring (bicyclic) bond motifs is 5. The van der Waals surface area contributed by atoms with E-state index < -0.39 is 0 Å². The predicted molar refractivity (Wildman–Crippen MR) is 97.3 cm³/mol. The molecule has 0 saturated heterocycles. The normalized spacial score (nSPS) is 11.7. The van der Waals surface area contributed by atoms with Crippen LogP contribution in [0.25, 0.3) is 32.8 Å². The maximum absolute atomic E-state index is 12.8. The second kappa shape index (κ2) is 5.58. The molecule has 0 N–H and O–H groups in total. The van der Waals surface area contributed by atoms with Crippen molar-refractivity contribution in [3.8, 4) is 5.75 Å². The van der Waals surface area contributed by atoms with E-state index >= 15 is 0 Å². The van der Waals surface area contributed by atoms with Gasteiger partial charge < -0.3 is 9.15 Å². The molecule has 4 rings (SSSR count). The summed E-state index contributed by atoms with van der Waals surface area (Å²) in [6.07, 6.45) is 1.59. The number of methoxy groups -OCH3 is 1. The maximum Gasteiger partial charge on any atom is 0.346 e. The van der Waals surface area contributed by atoms with Crippen LogP contribution < -0.4 is 10.4 Å². The van der Waals surface area contributed by atoms with Crippen LogP contribution in [0.1, 0.15) is 24.7 Å². The topological polar surface area (TPSA) is 70.2 Å². The van der Waals surface area contributed by atoms with Gasteiger partial charge >= 0.3 is 5.63 Å². The third-order valence-electron chi connectivity index (χ3n) is 4.58. The Morgan fingerprint density at radius 3 is 2.76 bits per heavy atom. The summed E-state index contributed by atoms with van der Waals surface area (Å²) < 4.78 is 12.8. The molecule has 0 aliphatic rings. The minimum atomic E-state index is -0.381. The van der Waals surface area contributed by atoms with Crippen molar-refractivity contribution in [1.29, 1.82) is 0 Å². The highest BCUT2D eigenvalue weighted by molar-refractivity contribution is 6.19. The number of aromatic nitrogens is 3. The van der Waals surface area contributed by atoms with Crippen LogP contribution >= 0.6 is 0 Å². The zero-order valence-electron chi connectivity index (χ0n) is 14.7. The summed E-state index contributed by atoms with van der Waals surface area (Å²) in [6, 6.07) is 5.64. The van der Waals surface area contributed by atoms with Crippen LogP contribution in [-0.2, 0) is 13.5 Å². The van der Waals surface area contributed by atoms with Gasteiger partial charge in [0.1, 0.15) is 0 Å². The Balaban J connectivity index is 2.37. The van der Waals surface area contributed by atoms with E-state index in [1.165, 1.54) is 0 Å². The van der Waals surface area contributed by atoms with Gasteiger partial charge in [0.05, 0.1) is 29.3 Å². The smallest absolute Gasteiger partial charge is 0.346 e. The standard InChI is InChI=1S/C19H19N3O3/c1-5-7-12-16-15(14-10(2)21-22(3)18(14)20-12)11-8-6-9-13(24-4)17(11)25-19(16)23/h6,8-9H,5,7H2,1-4H3. The molecule has 0 amide bonds. The second-order valence-corrected chi connectivity index (χ2v) is 6.19. The molecular formula is C19H19N3O3. The molecule has 0 bridgehead atoms. The van der Waals surface area contributed by atoms with Crippen LogP contribution in [0.4, 0.5) is 0 Å². The molecule has 6 heteroatoms. The average molecular weight is 337 g/mol. The highest BCUT2D eigenvalue weighted by Gasteiger charge is 2.21. The Bertz CT molecular complexity index is 1190. The van der Waals surface area contributed by atoms with Crippen LogP contribution in [0, 0.1) is 6.92 Å². The van der Waals surface area contributed by atoms with Gasteiger partial charge in [0.2, 0.25) is 0 Å². The Morgan fingerprint density at radius 1 is 1.24 bits per heavy atom. The molecule has 3 aromatic heterocycles. The Morgan fingerprint density at radius 2 is 2.04 bits per heavy atom. The number of pyridine rings is 1. The van der Waals surface area contributed by atoms with E-state index in [1.54, 1.807) is 17.9 Å². The van der Waals surface area contributed by atoms with Crippen molar-refractivity contribution in [2.75, 3.05) is 7.11 Å². The van der Waals surface area contributed by atoms with Crippen molar-refractivity contribution in [2.45, 2.75) is 26.7 Å². The van der Waals surface area contributed by atoms with Crippen molar-refractivity contribution < 1.29 is 9.15 Å². The molecule has 0 saturated carbocycles. The molecule has 0 atom stereocenters. The van der Waals surface area contributed by atoms with Gasteiger partial charge in [0.25, 0.3) is 0 Å². The number of hydrogen-bond donors (Lipinski definition) is 0. The minimum absolute atomic E-state index is 0.381. The lowest BCUT2D eigenvalue weighted by molar-refractivity contribution is 0.407. The fourth-order valence-electron chi connectivity index (χ4n) is 3.55. The van der Waals surface area contributed by atoms with Crippen LogP contribution in [-0.4, -0.2) is 21.9 Å². The highest BCUT2D eigenvalue weighted by atomic mass is 16.5. The first-order chi connectivity index (χ1) is 12.1. The number of hydrogen-bond acceptors (Lipinski definition) is 5. The molecule has 1 aromatic carbocycles. The molecule has 6 nitrogen and oxygen atoms in total. The molecule has 0 aliphatic carbocycles. The third-order valence-corrected chi connectivity index (χ3v) is 4.58. The number of ether oxygens (including phenoxy) is 1. The Hall–Kier alpha value is -2.89. The molecule has 0 spiro atoms. The van der Waals surface area contributed by atoms with Gasteiger partial charge in [-0.3, -0.25) is 4.68 Å². The van der Waals surface area contributed by atoms with Crippen LogP contribution in [0.5, 0.6) is 5.75 Å². The van der Waals surface area contributed by atoms with Gasteiger partial charge in [-0.25, -0.2) is 9.78 Å². The quantitative estimate of drug-likeness (QED) is 0.423. The molecule has 0 radical (unpaired) electrons. The SMILES string of the molecule is CCCc1nc2c(c(C)nn2C)c2c1c(=O)oc1c(OC)cccc12. The van der Waals surface area contributed by atoms with E-state index in [2.05, 4.69) is 12.0 Å². The number of aryl methyl sites for hydroxylation is 3. The fourth-order valence-corrected chi connectivity index (χ4v) is 3.55. The molecule has 0 unspecified atom stereocenters. The Kier molecular flexibility index (Phi) is 3.49. The zero-order chi connectivity index (χ0) is 17.7. The number of rotatable bonds is 3. The van der Waals surface area contributed by atoms with Gasteiger partial charge in [0, 0.05) is 17.8 Å². The summed E-state index contributed by atoms with van der Waals surface area (Å²) in [5, 5.41) is 7.64. The number of benzene rings is 1. The molecule has 25 heavy (non-hydrogen) atoms. The molecule has 3 heterocycles. The van der Waals surface area contributed by atoms with E-state index in [1.807, 2.05) is 26.1 Å². The van der Waals surface area contributed by atoms with E-state index in [-0.39, 0.29) is 5.63 Å². The molecule has 0 fully saturated rings. The van der Waals surface area contributed by atoms with Gasteiger partial charge in [0.15, 0.2) is 17.0 Å².